The lowest BCUT2D eigenvalue weighted by atomic mass is 10.2. The topological polar surface area (TPSA) is 96.9 Å². The van der Waals surface area contributed by atoms with Gasteiger partial charge in [-0.15, -0.1) is 0 Å². The number of amides is 2. The van der Waals surface area contributed by atoms with Crippen LogP contribution in [0.4, 0.5) is 10.1 Å². The van der Waals surface area contributed by atoms with E-state index in [0.29, 0.717) is 5.69 Å². The fourth-order valence-electron chi connectivity index (χ4n) is 1.68. The van der Waals surface area contributed by atoms with E-state index in [-0.39, 0.29) is 24.5 Å². The second-order valence-electron chi connectivity index (χ2n) is 4.64. The largest absolute Gasteiger partial charge is 0.448 e. The molecule has 1 aromatic rings. The Morgan fingerprint density at radius 3 is 2.59 bits per heavy atom. The average molecular weight is 307 g/mol. The summed E-state index contributed by atoms with van der Waals surface area (Å²) in [6.45, 7) is 1.40. The zero-order valence-corrected chi connectivity index (χ0v) is 11.8. The molecule has 0 radical (unpaired) electrons. The summed E-state index contributed by atoms with van der Waals surface area (Å²) < 4.78 is 17.7. The number of hydrogen-bond acceptors (Lipinski definition) is 5. The molecule has 1 aliphatic heterocycles. The Bertz CT molecular complexity index is 627. The van der Waals surface area contributed by atoms with Gasteiger partial charge in [-0.05, 0) is 31.2 Å². The Morgan fingerprint density at radius 1 is 1.32 bits per heavy atom. The van der Waals surface area contributed by atoms with Gasteiger partial charge in [-0.1, -0.05) is 0 Å². The van der Waals surface area contributed by atoms with Gasteiger partial charge in [0.2, 0.25) is 5.91 Å². The lowest BCUT2D eigenvalue weighted by Gasteiger charge is -2.15. The summed E-state index contributed by atoms with van der Waals surface area (Å²) >= 11 is 0. The summed E-state index contributed by atoms with van der Waals surface area (Å²) in [5.41, 5.74) is 2.61. The van der Waals surface area contributed by atoms with Crippen LogP contribution in [0.25, 0.3) is 0 Å². The smallest absolute Gasteiger partial charge is 0.355 e. The van der Waals surface area contributed by atoms with Crippen molar-refractivity contribution in [2.75, 3.05) is 5.32 Å². The Hall–Kier alpha value is -2.77. The van der Waals surface area contributed by atoms with Crippen molar-refractivity contribution in [2.45, 2.75) is 25.9 Å². The molecule has 2 rings (SSSR count). The molecule has 0 bridgehead atoms. The van der Waals surface area contributed by atoms with Gasteiger partial charge in [0.25, 0.3) is 5.91 Å². The number of rotatable bonds is 4. The number of benzene rings is 1. The monoisotopic (exact) mass is 307 g/mol. The second kappa shape index (κ2) is 6.79. The molecule has 1 aliphatic rings. The van der Waals surface area contributed by atoms with Crippen molar-refractivity contribution in [3.05, 3.63) is 30.1 Å². The molecule has 0 aromatic heterocycles. The molecule has 22 heavy (non-hydrogen) atoms. The number of carbonyl (C=O) groups excluding carboxylic acids is 3. The van der Waals surface area contributed by atoms with Gasteiger partial charge in [-0.2, -0.15) is 5.10 Å². The predicted molar refractivity (Wildman–Crippen MR) is 75.4 cm³/mol. The molecule has 1 heterocycles. The maximum Gasteiger partial charge on any atom is 0.355 e. The van der Waals surface area contributed by atoms with Crippen LogP contribution in [0.3, 0.4) is 0 Å². The number of hydrazone groups is 1. The first kappa shape index (κ1) is 15.6. The van der Waals surface area contributed by atoms with Crippen molar-refractivity contribution >= 4 is 29.2 Å². The number of hydrogen-bond donors (Lipinski definition) is 2. The number of halogens is 1. The third kappa shape index (κ3) is 4.11. The number of ether oxygens (including phenoxy) is 1. The van der Waals surface area contributed by atoms with Crippen molar-refractivity contribution in [1.29, 1.82) is 0 Å². The zero-order chi connectivity index (χ0) is 16.1. The first-order chi connectivity index (χ1) is 10.5. The van der Waals surface area contributed by atoms with Gasteiger partial charge in [0.1, 0.15) is 11.5 Å². The van der Waals surface area contributed by atoms with E-state index in [0.717, 1.165) is 0 Å². The Labute approximate surface area is 125 Å². The minimum absolute atomic E-state index is 0.0565. The molecule has 1 atom stereocenters. The van der Waals surface area contributed by atoms with E-state index in [9.17, 15) is 18.8 Å². The number of nitrogens with one attached hydrogen (secondary N) is 2. The van der Waals surface area contributed by atoms with E-state index in [1.54, 1.807) is 0 Å². The van der Waals surface area contributed by atoms with Crippen molar-refractivity contribution in [3.63, 3.8) is 0 Å². The van der Waals surface area contributed by atoms with Gasteiger partial charge in [0, 0.05) is 18.5 Å². The van der Waals surface area contributed by atoms with Gasteiger partial charge in [0.15, 0.2) is 6.10 Å². The number of esters is 1. The summed E-state index contributed by atoms with van der Waals surface area (Å²) in [5.74, 6) is -2.02. The minimum Gasteiger partial charge on any atom is -0.448 e. The van der Waals surface area contributed by atoms with Crippen LogP contribution in [-0.4, -0.2) is 29.6 Å². The normalized spacial score (nSPS) is 15.4. The first-order valence-corrected chi connectivity index (χ1v) is 6.58. The summed E-state index contributed by atoms with van der Waals surface area (Å²) in [6, 6.07) is 5.18. The Kier molecular flexibility index (Phi) is 4.82. The highest BCUT2D eigenvalue weighted by Crippen LogP contribution is 2.10. The number of nitrogens with zero attached hydrogens (tertiary/aromatic N) is 1. The second-order valence-corrected chi connectivity index (χ2v) is 4.64. The van der Waals surface area contributed by atoms with Crippen LogP contribution in [-0.2, 0) is 19.1 Å². The highest BCUT2D eigenvalue weighted by molar-refractivity contribution is 6.37. The molecular weight excluding hydrogens is 293 g/mol. The average Bonchev–Trinajstić information content (AvgIpc) is 2.50. The SMILES string of the molecule is C[C@H](OC(=O)C1=NNC(=O)CC1)C(=O)Nc1ccc(F)cc1. The summed E-state index contributed by atoms with van der Waals surface area (Å²) in [5, 5.41) is 6.08. The third-order valence-corrected chi connectivity index (χ3v) is 2.90. The molecular formula is C14H14FN3O4. The van der Waals surface area contributed by atoms with Crippen LogP contribution >= 0.6 is 0 Å². The molecule has 116 valence electrons. The Balaban J connectivity index is 1.89. The summed E-state index contributed by atoms with van der Waals surface area (Å²) in [4.78, 5) is 34.6. The zero-order valence-electron chi connectivity index (χ0n) is 11.8. The van der Waals surface area contributed by atoms with E-state index < -0.39 is 23.8 Å². The van der Waals surface area contributed by atoms with E-state index in [1.165, 1.54) is 31.2 Å². The molecule has 2 N–H and O–H groups in total. The van der Waals surface area contributed by atoms with Crippen LogP contribution in [0.2, 0.25) is 0 Å². The maximum absolute atomic E-state index is 12.8. The van der Waals surface area contributed by atoms with Gasteiger partial charge in [-0.25, -0.2) is 14.6 Å². The lowest BCUT2D eigenvalue weighted by molar-refractivity contribution is -0.146. The van der Waals surface area contributed by atoms with Gasteiger partial charge in [0.05, 0.1) is 0 Å². The van der Waals surface area contributed by atoms with Gasteiger partial charge in [-0.3, -0.25) is 9.59 Å². The fraction of sp³-hybridized carbons (Fsp3) is 0.286. The molecule has 0 saturated heterocycles. The number of carbonyl (C=O) groups is 3. The van der Waals surface area contributed by atoms with E-state index in [2.05, 4.69) is 15.8 Å². The van der Waals surface area contributed by atoms with E-state index in [4.69, 9.17) is 4.74 Å². The van der Waals surface area contributed by atoms with Crippen molar-refractivity contribution in [2.24, 2.45) is 5.10 Å². The minimum atomic E-state index is -1.06. The lowest BCUT2D eigenvalue weighted by Crippen LogP contribution is -2.35. The third-order valence-electron chi connectivity index (χ3n) is 2.90. The fourth-order valence-corrected chi connectivity index (χ4v) is 1.68. The standard InChI is InChI=1S/C14H14FN3O4/c1-8(13(20)16-10-4-2-9(15)3-5-10)22-14(21)11-6-7-12(19)18-17-11/h2-5,8H,6-7H2,1H3,(H,16,20)(H,18,19)/t8-/m0/s1. The van der Waals surface area contributed by atoms with Crippen LogP contribution in [0.5, 0.6) is 0 Å². The molecule has 8 heteroatoms. The molecule has 0 aliphatic carbocycles. The van der Waals surface area contributed by atoms with Crippen molar-refractivity contribution in [1.82, 2.24) is 5.43 Å². The van der Waals surface area contributed by atoms with E-state index in [1.807, 2.05) is 0 Å². The van der Waals surface area contributed by atoms with E-state index >= 15 is 0 Å². The predicted octanol–water partition coefficient (Wildman–Crippen LogP) is 0.962. The van der Waals surface area contributed by atoms with Crippen LogP contribution in [0, 0.1) is 5.82 Å². The van der Waals surface area contributed by atoms with Crippen LogP contribution in [0.15, 0.2) is 29.4 Å². The van der Waals surface area contributed by atoms with Crippen LogP contribution in [0.1, 0.15) is 19.8 Å². The molecule has 1 aromatic carbocycles. The maximum atomic E-state index is 12.8. The molecule has 7 nitrogen and oxygen atoms in total. The number of anilines is 1. The summed E-state index contributed by atoms with van der Waals surface area (Å²) in [6.07, 6.45) is -0.751. The highest BCUT2D eigenvalue weighted by atomic mass is 19.1. The summed E-state index contributed by atoms with van der Waals surface area (Å²) in [7, 11) is 0. The molecule has 0 fully saturated rings. The van der Waals surface area contributed by atoms with Crippen molar-refractivity contribution < 1.29 is 23.5 Å². The molecule has 0 spiro atoms. The molecule has 0 saturated carbocycles. The highest BCUT2D eigenvalue weighted by Gasteiger charge is 2.24. The first-order valence-electron chi connectivity index (χ1n) is 6.58. The van der Waals surface area contributed by atoms with Gasteiger partial charge >= 0.3 is 5.97 Å². The quantitative estimate of drug-likeness (QED) is 0.810. The molecule has 0 unspecified atom stereocenters. The van der Waals surface area contributed by atoms with Crippen LogP contribution < -0.4 is 10.7 Å². The molecule has 2 amide bonds. The van der Waals surface area contributed by atoms with Crippen molar-refractivity contribution in [3.8, 4) is 0 Å². The van der Waals surface area contributed by atoms with Gasteiger partial charge < -0.3 is 10.1 Å². The Morgan fingerprint density at radius 2 is 2.00 bits per heavy atom.